The molecule has 3 aromatic carbocycles. The lowest BCUT2D eigenvalue weighted by Crippen LogP contribution is -2.30. The molecule has 2 heterocycles. The minimum atomic E-state index is -0.417. The van der Waals surface area contributed by atoms with E-state index in [4.69, 9.17) is 4.74 Å². The van der Waals surface area contributed by atoms with Crippen LogP contribution < -0.4 is 10.3 Å². The Labute approximate surface area is 236 Å². The van der Waals surface area contributed by atoms with Crippen molar-refractivity contribution in [2.45, 2.75) is 44.6 Å². The van der Waals surface area contributed by atoms with Gasteiger partial charge in [-0.1, -0.05) is 37.1 Å². The number of nitrogens with zero attached hydrogens (tertiary/aromatic N) is 3. The maximum atomic E-state index is 14.2. The van der Waals surface area contributed by atoms with Crippen molar-refractivity contribution in [2.24, 2.45) is 0 Å². The van der Waals surface area contributed by atoms with Gasteiger partial charge in [0.15, 0.2) is 0 Å². The van der Waals surface area contributed by atoms with Crippen LogP contribution in [0.15, 0.2) is 71.5 Å². The lowest BCUT2D eigenvalue weighted by molar-refractivity contribution is 0.0651. The molecule has 0 unspecified atom stereocenters. The number of carbonyl (C=O) groups is 2. The molecule has 206 valence electrons. The summed E-state index contributed by atoms with van der Waals surface area (Å²) in [6.45, 7) is 0.832. The average Bonchev–Trinajstić information content (AvgIpc) is 3.79. The molecule has 0 radical (unpaired) electrons. The lowest BCUT2D eigenvalue weighted by atomic mass is 9.96. The minimum absolute atomic E-state index is 0.0122. The molecule has 0 saturated heterocycles. The third-order valence-electron chi connectivity index (χ3n) is 7.74. The highest BCUT2D eigenvalue weighted by Gasteiger charge is 2.34. The van der Waals surface area contributed by atoms with E-state index in [1.807, 2.05) is 0 Å². The molecular formula is C33H28FN3O4. The predicted octanol–water partition coefficient (Wildman–Crippen LogP) is 6.25. The largest absolute Gasteiger partial charge is 0.494 e. The number of halogens is 1. The second kappa shape index (κ2) is 11.0. The molecule has 4 aromatic rings. The second-order valence-corrected chi connectivity index (χ2v) is 10.5. The van der Waals surface area contributed by atoms with Crippen LogP contribution in [0.2, 0.25) is 0 Å². The molecular weight excluding hydrogens is 521 g/mol. The Kier molecular flexibility index (Phi) is 7.10. The number of aromatic nitrogens is 1. The van der Waals surface area contributed by atoms with E-state index in [0.29, 0.717) is 58.3 Å². The van der Waals surface area contributed by atoms with Crippen molar-refractivity contribution in [3.05, 3.63) is 99.7 Å². The van der Waals surface area contributed by atoms with E-state index in [-0.39, 0.29) is 29.1 Å². The Morgan fingerprint density at radius 2 is 1.59 bits per heavy atom. The summed E-state index contributed by atoms with van der Waals surface area (Å²) in [5.41, 5.74) is 2.03. The topological polar surface area (TPSA) is 92.4 Å². The van der Waals surface area contributed by atoms with Crippen LogP contribution in [0.4, 0.5) is 4.39 Å². The third-order valence-corrected chi connectivity index (χ3v) is 7.74. The van der Waals surface area contributed by atoms with E-state index in [9.17, 15) is 24.0 Å². The van der Waals surface area contributed by atoms with Gasteiger partial charge < -0.3 is 4.74 Å². The van der Waals surface area contributed by atoms with Gasteiger partial charge in [-0.25, -0.2) is 4.39 Å². The SMILES string of the molecule is N#Cc1c(-c2cccc(F)c2)c2cc(OCCCCCCN3C(=O)c4ccccc4C3=O)ccc2c(=O)n1C1CC1. The van der Waals surface area contributed by atoms with E-state index >= 15 is 0 Å². The second-order valence-electron chi connectivity index (χ2n) is 10.5. The maximum Gasteiger partial charge on any atom is 0.261 e. The molecule has 2 amide bonds. The Morgan fingerprint density at radius 3 is 2.27 bits per heavy atom. The predicted molar refractivity (Wildman–Crippen MR) is 152 cm³/mol. The first-order valence-electron chi connectivity index (χ1n) is 13.9. The van der Waals surface area contributed by atoms with Gasteiger partial charge in [0.25, 0.3) is 17.4 Å². The number of benzene rings is 3. The highest BCUT2D eigenvalue weighted by molar-refractivity contribution is 6.21. The molecule has 41 heavy (non-hydrogen) atoms. The fourth-order valence-corrected chi connectivity index (χ4v) is 5.57. The molecule has 8 heteroatoms. The van der Waals surface area contributed by atoms with E-state index in [2.05, 4.69) is 6.07 Å². The van der Waals surface area contributed by atoms with Gasteiger partial charge in [0.2, 0.25) is 0 Å². The van der Waals surface area contributed by atoms with Gasteiger partial charge >= 0.3 is 0 Å². The summed E-state index contributed by atoms with van der Waals surface area (Å²) >= 11 is 0. The molecule has 1 aliphatic heterocycles. The van der Waals surface area contributed by atoms with Crippen molar-refractivity contribution >= 4 is 22.6 Å². The molecule has 0 N–H and O–H groups in total. The number of ether oxygens (including phenoxy) is 1. The van der Waals surface area contributed by atoms with Crippen molar-refractivity contribution in [3.8, 4) is 22.9 Å². The van der Waals surface area contributed by atoms with Crippen molar-refractivity contribution in [1.29, 1.82) is 5.26 Å². The molecule has 1 aliphatic carbocycles. The maximum absolute atomic E-state index is 14.2. The first kappa shape index (κ1) is 26.5. The molecule has 2 aliphatic rings. The average molecular weight is 550 g/mol. The molecule has 0 bridgehead atoms. The molecule has 1 saturated carbocycles. The Hall–Kier alpha value is -4.77. The van der Waals surface area contributed by atoms with E-state index in [1.165, 1.54) is 17.0 Å². The summed E-state index contributed by atoms with van der Waals surface area (Å²) in [6, 6.07) is 20.4. The van der Waals surface area contributed by atoms with Crippen LogP contribution in [0.5, 0.6) is 5.75 Å². The van der Waals surface area contributed by atoms with Gasteiger partial charge in [0.05, 0.1) is 17.7 Å². The first-order chi connectivity index (χ1) is 20.0. The van der Waals surface area contributed by atoms with Crippen LogP contribution in [0.1, 0.15) is 71.0 Å². The number of hydrogen-bond acceptors (Lipinski definition) is 5. The van der Waals surface area contributed by atoms with Crippen LogP contribution in [0.3, 0.4) is 0 Å². The quantitative estimate of drug-likeness (QED) is 0.172. The van der Waals surface area contributed by atoms with E-state index in [1.54, 1.807) is 59.2 Å². The van der Waals surface area contributed by atoms with Gasteiger partial charge in [-0.2, -0.15) is 5.26 Å². The number of carbonyl (C=O) groups excluding carboxylic acids is 2. The molecule has 1 aromatic heterocycles. The third kappa shape index (κ3) is 5.00. The van der Waals surface area contributed by atoms with E-state index < -0.39 is 5.82 Å². The van der Waals surface area contributed by atoms with Crippen molar-refractivity contribution in [1.82, 2.24) is 9.47 Å². The summed E-state index contributed by atoms with van der Waals surface area (Å²) in [5, 5.41) is 11.1. The van der Waals surface area contributed by atoms with Gasteiger partial charge in [-0.15, -0.1) is 0 Å². The van der Waals surface area contributed by atoms with Crippen LogP contribution in [0.25, 0.3) is 21.9 Å². The number of amides is 2. The smallest absolute Gasteiger partial charge is 0.261 e. The van der Waals surface area contributed by atoms with Crippen LogP contribution >= 0.6 is 0 Å². The number of hydrogen-bond donors (Lipinski definition) is 0. The molecule has 7 nitrogen and oxygen atoms in total. The summed E-state index contributed by atoms with van der Waals surface area (Å²) in [5.74, 6) is -0.314. The zero-order chi connectivity index (χ0) is 28.5. The fourth-order valence-electron chi connectivity index (χ4n) is 5.57. The molecule has 1 fully saturated rings. The molecule has 6 rings (SSSR count). The zero-order valence-electron chi connectivity index (χ0n) is 22.4. The summed E-state index contributed by atoms with van der Waals surface area (Å²) in [6.07, 6.45) is 4.84. The normalized spacial score (nSPS) is 14.4. The Balaban J connectivity index is 1.12. The van der Waals surface area contributed by atoms with E-state index in [0.717, 1.165) is 32.1 Å². The standard InChI is InChI=1S/C33H28FN3O4/c34-22-9-7-8-21(18-22)30-28-19-24(14-15-27(28)33(40)37(23-12-13-23)29(30)20-35)41-17-6-2-1-5-16-36-31(38)25-10-3-4-11-26(25)32(36)39/h3-4,7-11,14-15,18-19,23H,1-2,5-6,12-13,16-17H2. The van der Waals surface area contributed by atoms with Crippen LogP contribution in [-0.2, 0) is 0 Å². The van der Waals surface area contributed by atoms with Crippen molar-refractivity contribution in [3.63, 3.8) is 0 Å². The first-order valence-corrected chi connectivity index (χ1v) is 13.9. The fraction of sp³-hybridized carbons (Fsp3) is 0.273. The number of nitriles is 1. The molecule has 0 spiro atoms. The van der Waals surface area contributed by atoms with Crippen LogP contribution in [0, 0.1) is 17.1 Å². The Morgan fingerprint density at radius 1 is 0.854 bits per heavy atom. The number of unbranched alkanes of at least 4 members (excludes halogenated alkanes) is 3. The number of fused-ring (bicyclic) bond motifs is 2. The Bertz CT molecular complexity index is 1750. The highest BCUT2D eigenvalue weighted by Crippen LogP contribution is 2.40. The van der Waals surface area contributed by atoms with Gasteiger partial charge in [-0.3, -0.25) is 23.9 Å². The minimum Gasteiger partial charge on any atom is -0.494 e. The summed E-state index contributed by atoms with van der Waals surface area (Å²) in [4.78, 5) is 39.7. The van der Waals surface area contributed by atoms with Gasteiger partial charge in [0.1, 0.15) is 23.3 Å². The van der Waals surface area contributed by atoms with Crippen LogP contribution in [-0.4, -0.2) is 34.4 Å². The van der Waals surface area contributed by atoms with Crippen molar-refractivity contribution < 1.29 is 18.7 Å². The number of rotatable bonds is 10. The van der Waals surface area contributed by atoms with Gasteiger partial charge in [0, 0.05) is 28.9 Å². The zero-order valence-corrected chi connectivity index (χ0v) is 22.4. The lowest BCUT2D eigenvalue weighted by Gasteiger charge is -2.17. The van der Waals surface area contributed by atoms with Gasteiger partial charge in [-0.05, 0) is 73.7 Å². The molecule has 0 atom stereocenters. The van der Waals surface area contributed by atoms with Crippen molar-refractivity contribution in [2.75, 3.05) is 13.2 Å². The number of imide groups is 1. The summed E-state index contributed by atoms with van der Waals surface area (Å²) in [7, 11) is 0. The summed E-state index contributed by atoms with van der Waals surface area (Å²) < 4.78 is 21.8. The highest BCUT2D eigenvalue weighted by atomic mass is 19.1. The number of pyridine rings is 1. The monoisotopic (exact) mass is 549 g/mol.